The van der Waals surface area contributed by atoms with Crippen molar-refractivity contribution in [1.29, 1.82) is 0 Å². The van der Waals surface area contributed by atoms with Gasteiger partial charge in [0.15, 0.2) is 0 Å². The van der Waals surface area contributed by atoms with E-state index in [4.69, 9.17) is 5.73 Å². The van der Waals surface area contributed by atoms with E-state index in [1.54, 1.807) is 0 Å². The lowest BCUT2D eigenvalue weighted by atomic mass is 10.0. The molecule has 1 fully saturated rings. The Hall–Kier alpha value is -2.60. The van der Waals surface area contributed by atoms with E-state index < -0.39 is 0 Å². The Morgan fingerprint density at radius 2 is 1.72 bits per heavy atom. The van der Waals surface area contributed by atoms with Gasteiger partial charge in [0.25, 0.3) is 0 Å². The minimum Gasteiger partial charge on any atom is -0.369 e. The van der Waals surface area contributed by atoms with E-state index in [-0.39, 0.29) is 17.9 Å². The van der Waals surface area contributed by atoms with E-state index in [1.807, 2.05) is 58.3 Å². The number of aromatic nitrogens is 1. The predicted octanol–water partition coefficient (Wildman–Crippen LogP) is 1.09. The van der Waals surface area contributed by atoms with Crippen LogP contribution < -0.4 is 11.1 Å². The summed E-state index contributed by atoms with van der Waals surface area (Å²) in [6, 6.07) is 12.2. The van der Waals surface area contributed by atoms with Crippen molar-refractivity contribution in [2.45, 2.75) is 25.3 Å². The largest absolute Gasteiger partial charge is 0.369 e. The summed E-state index contributed by atoms with van der Waals surface area (Å²) in [5, 5.41) is 3.10. The SMILES string of the molecule is NC(=O)CN1CCC(NC(=O)Cc2ccc(-n3cccc3)cc2)CC1. The average molecular weight is 340 g/mol. The van der Waals surface area contributed by atoms with Crippen molar-refractivity contribution >= 4 is 11.8 Å². The molecule has 6 nitrogen and oxygen atoms in total. The topological polar surface area (TPSA) is 80.4 Å². The first kappa shape index (κ1) is 17.2. The van der Waals surface area contributed by atoms with Gasteiger partial charge in [0.05, 0.1) is 13.0 Å². The second-order valence-corrected chi connectivity index (χ2v) is 6.52. The molecule has 0 saturated carbocycles. The van der Waals surface area contributed by atoms with Crippen LogP contribution in [0.3, 0.4) is 0 Å². The number of nitrogens with two attached hydrogens (primary N) is 1. The molecule has 1 aromatic carbocycles. The van der Waals surface area contributed by atoms with Crippen LogP contribution in [-0.2, 0) is 16.0 Å². The maximum atomic E-state index is 12.2. The van der Waals surface area contributed by atoms with Crippen molar-refractivity contribution in [2.24, 2.45) is 5.73 Å². The van der Waals surface area contributed by atoms with E-state index in [0.717, 1.165) is 37.2 Å². The van der Waals surface area contributed by atoms with Crippen molar-refractivity contribution in [1.82, 2.24) is 14.8 Å². The van der Waals surface area contributed by atoms with Crippen LogP contribution in [0.5, 0.6) is 0 Å². The molecule has 2 aromatic rings. The van der Waals surface area contributed by atoms with Crippen LogP contribution in [-0.4, -0.2) is 47.0 Å². The fraction of sp³-hybridized carbons (Fsp3) is 0.368. The summed E-state index contributed by atoms with van der Waals surface area (Å²) in [6.07, 6.45) is 6.07. The fourth-order valence-corrected chi connectivity index (χ4v) is 3.21. The monoisotopic (exact) mass is 340 g/mol. The van der Waals surface area contributed by atoms with E-state index in [2.05, 4.69) is 5.32 Å². The number of carbonyl (C=O) groups is 2. The van der Waals surface area contributed by atoms with Gasteiger partial charge < -0.3 is 15.6 Å². The molecule has 0 unspecified atom stereocenters. The molecule has 1 aliphatic heterocycles. The van der Waals surface area contributed by atoms with Gasteiger partial charge in [-0.15, -0.1) is 0 Å². The lowest BCUT2D eigenvalue weighted by Gasteiger charge is -2.31. The zero-order valence-corrected chi connectivity index (χ0v) is 14.2. The Balaban J connectivity index is 1.46. The molecule has 0 radical (unpaired) electrons. The molecule has 1 saturated heterocycles. The summed E-state index contributed by atoms with van der Waals surface area (Å²) >= 11 is 0. The third-order valence-electron chi connectivity index (χ3n) is 4.54. The standard InChI is InChI=1S/C19H24N4O2/c20-18(24)14-22-11-7-16(8-12-22)21-19(25)13-15-3-5-17(6-4-15)23-9-1-2-10-23/h1-6,9-10,16H,7-8,11-14H2,(H2,20,24)(H,21,25). The molecule has 0 atom stereocenters. The number of rotatable bonds is 6. The highest BCUT2D eigenvalue weighted by molar-refractivity contribution is 5.79. The quantitative estimate of drug-likeness (QED) is 0.826. The van der Waals surface area contributed by atoms with Crippen LogP contribution in [0.1, 0.15) is 18.4 Å². The van der Waals surface area contributed by atoms with Gasteiger partial charge in [0.1, 0.15) is 0 Å². The maximum absolute atomic E-state index is 12.2. The molecule has 0 bridgehead atoms. The molecule has 6 heteroatoms. The minimum absolute atomic E-state index is 0.0436. The van der Waals surface area contributed by atoms with Gasteiger partial charge in [-0.25, -0.2) is 0 Å². The Labute approximate surface area is 147 Å². The zero-order valence-electron chi connectivity index (χ0n) is 14.2. The summed E-state index contributed by atoms with van der Waals surface area (Å²) in [4.78, 5) is 25.2. The average Bonchev–Trinajstić information content (AvgIpc) is 3.11. The summed E-state index contributed by atoms with van der Waals surface area (Å²) < 4.78 is 2.03. The zero-order chi connectivity index (χ0) is 17.6. The highest BCUT2D eigenvalue weighted by atomic mass is 16.2. The van der Waals surface area contributed by atoms with Crippen molar-refractivity contribution in [2.75, 3.05) is 19.6 Å². The van der Waals surface area contributed by atoms with Crippen molar-refractivity contribution in [3.8, 4) is 5.69 Å². The summed E-state index contributed by atoms with van der Waals surface area (Å²) in [6.45, 7) is 1.88. The van der Waals surface area contributed by atoms with Crippen LogP contribution >= 0.6 is 0 Å². The van der Waals surface area contributed by atoms with Crippen molar-refractivity contribution < 1.29 is 9.59 Å². The third kappa shape index (κ3) is 4.93. The van der Waals surface area contributed by atoms with Gasteiger partial charge >= 0.3 is 0 Å². The fourth-order valence-electron chi connectivity index (χ4n) is 3.21. The predicted molar refractivity (Wildman–Crippen MR) is 96.3 cm³/mol. The Morgan fingerprint density at radius 1 is 1.08 bits per heavy atom. The molecule has 2 amide bonds. The van der Waals surface area contributed by atoms with Gasteiger partial charge in [-0.1, -0.05) is 12.1 Å². The molecule has 2 heterocycles. The van der Waals surface area contributed by atoms with Crippen LogP contribution in [0.15, 0.2) is 48.8 Å². The molecule has 1 aromatic heterocycles. The number of likely N-dealkylation sites (tertiary alicyclic amines) is 1. The molecular weight excluding hydrogens is 316 g/mol. The molecule has 0 spiro atoms. The highest BCUT2D eigenvalue weighted by Crippen LogP contribution is 2.12. The van der Waals surface area contributed by atoms with E-state index in [9.17, 15) is 9.59 Å². The Kier molecular flexibility index (Phi) is 5.50. The first-order chi connectivity index (χ1) is 12.1. The van der Waals surface area contributed by atoms with Gasteiger partial charge in [-0.2, -0.15) is 0 Å². The van der Waals surface area contributed by atoms with Gasteiger partial charge in [0, 0.05) is 37.2 Å². The number of amides is 2. The minimum atomic E-state index is -0.300. The number of nitrogens with zero attached hydrogens (tertiary/aromatic N) is 2. The number of nitrogens with one attached hydrogen (secondary N) is 1. The van der Waals surface area contributed by atoms with Crippen molar-refractivity contribution in [3.63, 3.8) is 0 Å². The number of hydrogen-bond donors (Lipinski definition) is 2. The van der Waals surface area contributed by atoms with Crippen molar-refractivity contribution in [3.05, 3.63) is 54.4 Å². The summed E-state index contributed by atoms with van der Waals surface area (Å²) in [7, 11) is 0. The Bertz CT molecular complexity index is 702. The van der Waals surface area contributed by atoms with Crippen LogP contribution in [0.4, 0.5) is 0 Å². The molecular formula is C19H24N4O2. The third-order valence-corrected chi connectivity index (χ3v) is 4.54. The van der Waals surface area contributed by atoms with E-state index in [1.165, 1.54) is 0 Å². The maximum Gasteiger partial charge on any atom is 0.231 e. The van der Waals surface area contributed by atoms with E-state index >= 15 is 0 Å². The van der Waals surface area contributed by atoms with Gasteiger partial charge in [-0.05, 0) is 42.7 Å². The van der Waals surface area contributed by atoms with Crippen LogP contribution in [0.2, 0.25) is 0 Å². The van der Waals surface area contributed by atoms with Gasteiger partial charge in [0.2, 0.25) is 11.8 Å². The molecule has 3 N–H and O–H groups in total. The lowest BCUT2D eigenvalue weighted by Crippen LogP contribution is -2.47. The Morgan fingerprint density at radius 3 is 2.32 bits per heavy atom. The number of primary amides is 1. The smallest absolute Gasteiger partial charge is 0.231 e. The highest BCUT2D eigenvalue weighted by Gasteiger charge is 2.21. The van der Waals surface area contributed by atoms with Crippen LogP contribution in [0, 0.1) is 0 Å². The summed E-state index contributed by atoms with van der Waals surface area (Å²) in [5.41, 5.74) is 7.29. The first-order valence-electron chi connectivity index (χ1n) is 8.62. The molecule has 25 heavy (non-hydrogen) atoms. The molecule has 1 aliphatic rings. The first-order valence-corrected chi connectivity index (χ1v) is 8.62. The lowest BCUT2D eigenvalue weighted by molar-refractivity contribution is -0.122. The number of hydrogen-bond acceptors (Lipinski definition) is 3. The summed E-state index contributed by atoms with van der Waals surface area (Å²) in [5.74, 6) is -0.257. The normalized spacial score (nSPS) is 15.8. The molecule has 132 valence electrons. The molecule has 3 rings (SSSR count). The second-order valence-electron chi connectivity index (χ2n) is 6.52. The van der Waals surface area contributed by atoms with Gasteiger partial charge in [-0.3, -0.25) is 14.5 Å². The number of benzene rings is 1. The van der Waals surface area contributed by atoms with Crippen LogP contribution in [0.25, 0.3) is 5.69 Å². The molecule has 0 aliphatic carbocycles. The number of piperidine rings is 1. The number of carbonyl (C=O) groups excluding carboxylic acids is 2. The van der Waals surface area contributed by atoms with E-state index in [0.29, 0.717) is 13.0 Å². The second kappa shape index (κ2) is 7.98.